The molecule has 188 valence electrons. The number of hydrogen-bond acceptors (Lipinski definition) is 7. The molecule has 0 spiro atoms. The molecule has 8 nitrogen and oxygen atoms in total. The number of methoxy groups -OCH3 is 2. The highest BCUT2D eigenvalue weighted by Gasteiger charge is 2.34. The van der Waals surface area contributed by atoms with E-state index in [1.807, 2.05) is 23.1 Å². The molecule has 2 aromatic carbocycles. The highest BCUT2D eigenvalue weighted by Crippen LogP contribution is 2.38. The number of thiazole rings is 1. The van der Waals surface area contributed by atoms with E-state index >= 15 is 0 Å². The van der Waals surface area contributed by atoms with Crippen LogP contribution in [0.4, 0.5) is 10.8 Å². The lowest BCUT2D eigenvalue weighted by Crippen LogP contribution is -2.50. The first kappa shape index (κ1) is 24.1. The van der Waals surface area contributed by atoms with Crippen molar-refractivity contribution < 1.29 is 19.1 Å². The summed E-state index contributed by atoms with van der Waals surface area (Å²) < 4.78 is 10.5. The summed E-state index contributed by atoms with van der Waals surface area (Å²) in [7, 11) is 3.26. The zero-order chi connectivity index (χ0) is 25.1. The zero-order valence-corrected chi connectivity index (χ0v) is 21.3. The number of nitrogens with one attached hydrogen (secondary N) is 1. The molecule has 1 aromatic heterocycles. The molecule has 3 aromatic rings. The summed E-state index contributed by atoms with van der Waals surface area (Å²) in [6.45, 7) is 2.90. The molecule has 0 saturated carbocycles. The van der Waals surface area contributed by atoms with E-state index in [2.05, 4.69) is 16.3 Å². The minimum Gasteiger partial charge on any atom is -0.497 e. The van der Waals surface area contributed by atoms with E-state index in [0.29, 0.717) is 29.5 Å². The average Bonchev–Trinajstić information content (AvgIpc) is 3.35. The number of anilines is 2. The Balaban J connectivity index is 1.24. The van der Waals surface area contributed by atoms with Gasteiger partial charge in [-0.2, -0.15) is 0 Å². The molecule has 1 fully saturated rings. The summed E-state index contributed by atoms with van der Waals surface area (Å²) in [6.07, 6.45) is 2.62. The number of amides is 2. The largest absolute Gasteiger partial charge is 0.497 e. The maximum Gasteiger partial charge on any atom is 0.257 e. The van der Waals surface area contributed by atoms with Crippen molar-refractivity contribution >= 4 is 34.0 Å². The summed E-state index contributed by atoms with van der Waals surface area (Å²) in [4.78, 5) is 36.3. The second-order valence-corrected chi connectivity index (χ2v) is 10.1. The van der Waals surface area contributed by atoms with Gasteiger partial charge < -0.3 is 19.3 Å². The van der Waals surface area contributed by atoms with Crippen LogP contribution in [0.2, 0.25) is 0 Å². The van der Waals surface area contributed by atoms with Crippen LogP contribution < -0.4 is 19.7 Å². The smallest absolute Gasteiger partial charge is 0.257 e. The fourth-order valence-electron chi connectivity index (χ4n) is 4.84. The Bertz CT molecular complexity index is 1230. The SMILES string of the molecule is COc1ccc(C(=O)Nc2nc3c(s2)CCCC3C(=O)N2CCN(c3cccc(OC)c3)CC2)cc1. The van der Waals surface area contributed by atoms with Crippen LogP contribution in [0.1, 0.15) is 39.7 Å². The number of benzene rings is 2. The van der Waals surface area contributed by atoms with Gasteiger partial charge in [-0.15, -0.1) is 11.3 Å². The first-order chi connectivity index (χ1) is 17.6. The Hall–Kier alpha value is -3.59. The highest BCUT2D eigenvalue weighted by molar-refractivity contribution is 7.16. The van der Waals surface area contributed by atoms with Crippen molar-refractivity contribution in [1.82, 2.24) is 9.88 Å². The monoisotopic (exact) mass is 506 g/mol. The van der Waals surface area contributed by atoms with Crippen molar-refractivity contribution in [2.24, 2.45) is 0 Å². The van der Waals surface area contributed by atoms with E-state index in [0.717, 1.165) is 54.4 Å². The van der Waals surface area contributed by atoms with Crippen LogP contribution in [0.5, 0.6) is 11.5 Å². The number of rotatable bonds is 6. The van der Waals surface area contributed by atoms with E-state index < -0.39 is 0 Å². The molecule has 0 radical (unpaired) electrons. The molecule has 2 aliphatic rings. The first-order valence-corrected chi connectivity index (χ1v) is 13.0. The van der Waals surface area contributed by atoms with Gasteiger partial charge in [0.1, 0.15) is 11.5 Å². The van der Waals surface area contributed by atoms with Gasteiger partial charge in [0, 0.05) is 48.4 Å². The first-order valence-electron chi connectivity index (χ1n) is 12.2. The molecule has 36 heavy (non-hydrogen) atoms. The standard InChI is InChI=1S/C27H30N4O4S/c1-34-20-11-9-18(10-12-20)25(32)29-27-28-24-22(7-4-8-23(24)36-27)26(33)31-15-13-30(14-16-31)19-5-3-6-21(17-19)35-2/h3,5-6,9-12,17,22H,4,7-8,13-16H2,1-2H3,(H,28,29,32). The molecule has 2 amide bonds. The van der Waals surface area contributed by atoms with Crippen LogP contribution >= 0.6 is 11.3 Å². The molecular formula is C27H30N4O4S. The lowest BCUT2D eigenvalue weighted by Gasteiger charge is -2.38. The van der Waals surface area contributed by atoms with Crippen LogP contribution in [0.25, 0.3) is 0 Å². The van der Waals surface area contributed by atoms with Crippen molar-refractivity contribution in [2.75, 3.05) is 50.6 Å². The number of piperazine rings is 1. The lowest BCUT2D eigenvalue weighted by molar-refractivity contribution is -0.133. The fourth-order valence-corrected chi connectivity index (χ4v) is 5.90. The van der Waals surface area contributed by atoms with Gasteiger partial charge in [0.05, 0.1) is 25.8 Å². The third-order valence-electron chi connectivity index (χ3n) is 6.83. The Morgan fingerprint density at radius 2 is 1.75 bits per heavy atom. The summed E-state index contributed by atoms with van der Waals surface area (Å²) in [5, 5.41) is 3.46. The quantitative estimate of drug-likeness (QED) is 0.540. The van der Waals surface area contributed by atoms with E-state index in [9.17, 15) is 9.59 Å². The second-order valence-electron chi connectivity index (χ2n) is 8.97. The molecule has 1 atom stereocenters. The highest BCUT2D eigenvalue weighted by atomic mass is 32.1. The van der Waals surface area contributed by atoms with Crippen LogP contribution in [0.3, 0.4) is 0 Å². The predicted octanol–water partition coefficient (Wildman–Crippen LogP) is 4.18. The number of nitrogens with zero attached hydrogens (tertiary/aromatic N) is 3. The van der Waals surface area contributed by atoms with Gasteiger partial charge in [-0.25, -0.2) is 4.98 Å². The summed E-state index contributed by atoms with van der Waals surface area (Å²) in [5.41, 5.74) is 2.47. The van der Waals surface area contributed by atoms with Crippen LogP contribution in [0.15, 0.2) is 48.5 Å². The van der Waals surface area contributed by atoms with Crippen molar-refractivity contribution in [3.8, 4) is 11.5 Å². The number of carbonyl (C=O) groups excluding carboxylic acids is 2. The Labute approximate surface area is 214 Å². The van der Waals surface area contributed by atoms with Crippen molar-refractivity contribution in [1.29, 1.82) is 0 Å². The molecular weight excluding hydrogens is 476 g/mol. The Morgan fingerprint density at radius 1 is 1.00 bits per heavy atom. The second kappa shape index (κ2) is 10.6. The predicted molar refractivity (Wildman–Crippen MR) is 141 cm³/mol. The summed E-state index contributed by atoms with van der Waals surface area (Å²) in [6, 6.07) is 15.0. The molecule has 5 rings (SSSR count). The average molecular weight is 507 g/mol. The number of carbonyl (C=O) groups is 2. The molecule has 1 N–H and O–H groups in total. The topological polar surface area (TPSA) is 84.0 Å². The fraction of sp³-hybridized carbons (Fsp3) is 0.370. The molecule has 2 heterocycles. The minimum atomic E-state index is -0.250. The third kappa shape index (κ3) is 5.02. The van der Waals surface area contributed by atoms with E-state index in [1.54, 1.807) is 38.5 Å². The van der Waals surface area contributed by atoms with E-state index in [-0.39, 0.29) is 17.7 Å². The summed E-state index contributed by atoms with van der Waals surface area (Å²) in [5.74, 6) is 1.20. The maximum atomic E-state index is 13.5. The number of hydrogen-bond donors (Lipinski definition) is 1. The van der Waals surface area contributed by atoms with Crippen LogP contribution in [-0.2, 0) is 11.2 Å². The Kier molecular flexibility index (Phi) is 7.09. The van der Waals surface area contributed by atoms with Gasteiger partial charge in [0.25, 0.3) is 5.91 Å². The third-order valence-corrected chi connectivity index (χ3v) is 7.88. The van der Waals surface area contributed by atoms with E-state index in [4.69, 9.17) is 14.5 Å². The van der Waals surface area contributed by atoms with Crippen molar-refractivity contribution in [3.05, 3.63) is 64.7 Å². The van der Waals surface area contributed by atoms with Crippen LogP contribution in [-0.4, -0.2) is 62.1 Å². The van der Waals surface area contributed by atoms with E-state index in [1.165, 1.54) is 11.3 Å². The number of ether oxygens (including phenoxy) is 2. The molecule has 1 aliphatic carbocycles. The molecule has 0 bridgehead atoms. The molecule has 1 saturated heterocycles. The number of aromatic nitrogens is 1. The van der Waals surface area contributed by atoms with Gasteiger partial charge in [0.2, 0.25) is 5.91 Å². The minimum absolute atomic E-state index is 0.138. The maximum absolute atomic E-state index is 13.5. The molecule has 1 aliphatic heterocycles. The van der Waals surface area contributed by atoms with Crippen molar-refractivity contribution in [2.45, 2.75) is 25.2 Å². The lowest BCUT2D eigenvalue weighted by atomic mass is 9.89. The summed E-state index contributed by atoms with van der Waals surface area (Å²) >= 11 is 1.48. The van der Waals surface area contributed by atoms with Gasteiger partial charge in [0.15, 0.2) is 5.13 Å². The zero-order valence-electron chi connectivity index (χ0n) is 20.5. The van der Waals surface area contributed by atoms with Gasteiger partial charge in [-0.1, -0.05) is 6.07 Å². The molecule has 9 heteroatoms. The van der Waals surface area contributed by atoms with Gasteiger partial charge >= 0.3 is 0 Å². The number of aryl methyl sites for hydroxylation is 1. The van der Waals surface area contributed by atoms with Crippen molar-refractivity contribution in [3.63, 3.8) is 0 Å². The normalized spacial score (nSPS) is 17.3. The van der Waals surface area contributed by atoms with Gasteiger partial charge in [-0.05, 0) is 55.7 Å². The number of fused-ring (bicyclic) bond motifs is 1. The molecule has 1 unspecified atom stereocenters. The van der Waals surface area contributed by atoms with Gasteiger partial charge in [-0.3, -0.25) is 14.9 Å². The Morgan fingerprint density at radius 3 is 2.47 bits per heavy atom. The van der Waals surface area contributed by atoms with Crippen LogP contribution in [0, 0.1) is 0 Å².